The number of rotatable bonds is 9. The molecule has 5 nitrogen and oxygen atoms in total. The van der Waals surface area contributed by atoms with Gasteiger partial charge in [-0.3, -0.25) is 10.1 Å². The number of hydrogen-bond donors (Lipinski definition) is 3. The van der Waals surface area contributed by atoms with Gasteiger partial charge in [-0.25, -0.2) is 4.39 Å². The van der Waals surface area contributed by atoms with Gasteiger partial charge in [0.2, 0.25) is 0 Å². The van der Waals surface area contributed by atoms with Gasteiger partial charge in [0, 0.05) is 39.4 Å². The van der Waals surface area contributed by atoms with Gasteiger partial charge in [-0.15, -0.1) is 0 Å². The molecule has 1 aliphatic rings. The zero-order valence-corrected chi connectivity index (χ0v) is 24.9. The highest BCUT2D eigenvalue weighted by atomic mass is 19.1. The zero-order valence-electron chi connectivity index (χ0n) is 24.9. The Morgan fingerprint density at radius 2 is 1.84 bits per heavy atom. The van der Waals surface area contributed by atoms with Crippen LogP contribution < -0.4 is 5.32 Å². The molecule has 0 amide bonds. The van der Waals surface area contributed by atoms with Gasteiger partial charge in [0.25, 0.3) is 0 Å². The first-order chi connectivity index (χ1) is 20.9. The lowest BCUT2D eigenvalue weighted by Crippen LogP contribution is -2.15. The standard InChI is InChI=1S/C37H38FN5/c1-5-26(20-30(6-2)40-24(4)18-25-10-8-7-9-11-25)27-12-13-34-31(21-27)37(43-42-34)35-22-32-33(41-35)14-15-39-36(32)28-16-23(3)17-29(38)19-28/h5-6,12-17,19-22,25,40-41H,2,4,7-11,18H2,1,3H3,(H,42,43)/b26-5+,30-20+. The molecule has 1 fully saturated rings. The van der Waals surface area contributed by atoms with E-state index >= 15 is 0 Å². The minimum Gasteiger partial charge on any atom is -0.359 e. The van der Waals surface area contributed by atoms with E-state index in [1.54, 1.807) is 6.20 Å². The molecule has 3 aromatic heterocycles. The Labute approximate surface area is 252 Å². The highest BCUT2D eigenvalue weighted by molar-refractivity contribution is 6.00. The van der Waals surface area contributed by atoms with Gasteiger partial charge in [-0.1, -0.05) is 57.4 Å². The van der Waals surface area contributed by atoms with E-state index in [4.69, 9.17) is 0 Å². The average molecular weight is 572 g/mol. The third-order valence-electron chi connectivity index (χ3n) is 8.44. The van der Waals surface area contributed by atoms with Crippen LogP contribution >= 0.6 is 0 Å². The molecule has 0 aliphatic heterocycles. The molecule has 0 unspecified atom stereocenters. The summed E-state index contributed by atoms with van der Waals surface area (Å²) < 4.78 is 14.2. The monoisotopic (exact) mass is 571 g/mol. The second kappa shape index (κ2) is 12.3. The van der Waals surface area contributed by atoms with Crippen LogP contribution in [-0.2, 0) is 0 Å². The number of aromatic amines is 2. The quantitative estimate of drug-likeness (QED) is 0.154. The Kier molecular flexibility index (Phi) is 8.10. The lowest BCUT2D eigenvalue weighted by atomic mass is 9.86. The van der Waals surface area contributed by atoms with E-state index in [0.29, 0.717) is 0 Å². The van der Waals surface area contributed by atoms with E-state index < -0.39 is 0 Å². The highest BCUT2D eigenvalue weighted by Gasteiger charge is 2.17. The number of aromatic nitrogens is 4. The van der Waals surface area contributed by atoms with Crippen LogP contribution in [0.5, 0.6) is 0 Å². The van der Waals surface area contributed by atoms with Crippen molar-refractivity contribution in [2.24, 2.45) is 5.92 Å². The van der Waals surface area contributed by atoms with E-state index in [9.17, 15) is 4.39 Å². The van der Waals surface area contributed by atoms with Gasteiger partial charge >= 0.3 is 0 Å². The third-order valence-corrected chi connectivity index (χ3v) is 8.44. The molecule has 2 aromatic carbocycles. The number of pyridine rings is 1. The summed E-state index contributed by atoms with van der Waals surface area (Å²) in [5.41, 5.74) is 10.0. The van der Waals surface area contributed by atoms with Gasteiger partial charge in [0.1, 0.15) is 11.5 Å². The summed E-state index contributed by atoms with van der Waals surface area (Å²) in [6.45, 7) is 12.3. The molecule has 43 heavy (non-hydrogen) atoms. The Balaban J connectivity index is 1.31. The number of fused-ring (bicyclic) bond motifs is 2. The summed E-state index contributed by atoms with van der Waals surface area (Å²) in [4.78, 5) is 8.12. The molecule has 0 saturated heterocycles. The molecule has 3 N–H and O–H groups in total. The molecule has 0 spiro atoms. The maximum absolute atomic E-state index is 14.2. The number of nitrogens with one attached hydrogen (secondary N) is 3. The van der Waals surface area contributed by atoms with Crippen molar-refractivity contribution in [3.63, 3.8) is 0 Å². The molecule has 5 aromatic rings. The number of hydrogen-bond acceptors (Lipinski definition) is 3. The van der Waals surface area contributed by atoms with Gasteiger partial charge < -0.3 is 10.3 Å². The molecule has 3 heterocycles. The number of benzene rings is 2. The van der Waals surface area contributed by atoms with Gasteiger partial charge in [-0.05, 0) is 97.5 Å². The molecule has 0 radical (unpaired) electrons. The van der Waals surface area contributed by atoms with Crippen molar-refractivity contribution in [2.75, 3.05) is 0 Å². The summed E-state index contributed by atoms with van der Waals surface area (Å²) in [5, 5.41) is 13.3. The van der Waals surface area contributed by atoms with Crippen LogP contribution in [0, 0.1) is 18.7 Å². The minimum absolute atomic E-state index is 0.271. The van der Waals surface area contributed by atoms with Crippen LogP contribution in [0.3, 0.4) is 0 Å². The smallest absolute Gasteiger partial charge is 0.124 e. The zero-order chi connectivity index (χ0) is 29.9. The summed E-state index contributed by atoms with van der Waals surface area (Å²) in [5.74, 6) is 0.449. The number of aryl methyl sites for hydroxylation is 1. The lowest BCUT2D eigenvalue weighted by molar-refractivity contribution is 0.353. The van der Waals surface area contributed by atoms with Gasteiger partial charge in [-0.2, -0.15) is 5.10 Å². The maximum atomic E-state index is 14.2. The minimum atomic E-state index is -0.271. The van der Waals surface area contributed by atoms with E-state index in [1.807, 2.05) is 38.1 Å². The lowest BCUT2D eigenvalue weighted by Gasteiger charge is -2.23. The topological polar surface area (TPSA) is 69.4 Å². The van der Waals surface area contributed by atoms with Crippen molar-refractivity contribution in [1.82, 2.24) is 25.5 Å². The predicted octanol–water partition coefficient (Wildman–Crippen LogP) is 9.77. The third kappa shape index (κ3) is 6.09. The first kappa shape index (κ1) is 28.4. The fraction of sp³-hybridized carbons (Fsp3) is 0.243. The Morgan fingerprint density at radius 1 is 1.02 bits per heavy atom. The number of halogens is 1. The second-order valence-corrected chi connectivity index (χ2v) is 11.6. The highest BCUT2D eigenvalue weighted by Crippen LogP contribution is 2.35. The van der Waals surface area contributed by atoms with Crippen molar-refractivity contribution in [3.05, 3.63) is 114 Å². The first-order valence-corrected chi connectivity index (χ1v) is 15.1. The molecule has 0 atom stereocenters. The molecule has 1 aliphatic carbocycles. The molecule has 0 bridgehead atoms. The Morgan fingerprint density at radius 3 is 2.60 bits per heavy atom. The molecule has 6 rings (SSSR count). The maximum Gasteiger partial charge on any atom is 0.124 e. The molecule has 6 heteroatoms. The van der Waals surface area contributed by atoms with Crippen LogP contribution in [-0.4, -0.2) is 20.2 Å². The largest absolute Gasteiger partial charge is 0.359 e. The number of H-pyrrole nitrogens is 2. The average Bonchev–Trinajstić information content (AvgIpc) is 3.63. The Bertz CT molecular complexity index is 1860. The van der Waals surface area contributed by atoms with E-state index in [-0.39, 0.29) is 5.82 Å². The summed E-state index contributed by atoms with van der Waals surface area (Å²) in [6, 6.07) is 15.3. The molecule has 1 saturated carbocycles. The van der Waals surface area contributed by atoms with E-state index in [2.05, 4.69) is 69.0 Å². The SMILES string of the molecule is C=C/C(=C\C(=C/C)c1ccc2[nH]nc(-c3cc4c(-c5cc(C)cc(F)c5)nccc4[nH]3)c2c1)NC(=C)CC1CCCCC1. The second-order valence-electron chi connectivity index (χ2n) is 11.6. The Hall–Kier alpha value is -4.71. The molecular formula is C37H38FN5. The molecular weight excluding hydrogens is 533 g/mol. The van der Waals surface area contributed by atoms with Crippen molar-refractivity contribution in [3.8, 4) is 22.6 Å². The summed E-state index contributed by atoms with van der Waals surface area (Å²) >= 11 is 0. The van der Waals surface area contributed by atoms with Crippen LogP contribution in [0.25, 0.3) is 50.0 Å². The molecule has 218 valence electrons. The summed E-state index contributed by atoms with van der Waals surface area (Å²) in [6.07, 6.45) is 15.4. The normalized spacial score (nSPS) is 14.9. The van der Waals surface area contributed by atoms with Crippen LogP contribution in [0.1, 0.15) is 56.6 Å². The van der Waals surface area contributed by atoms with Crippen LogP contribution in [0.15, 0.2) is 97.5 Å². The number of nitrogens with zero attached hydrogens (tertiary/aromatic N) is 2. The van der Waals surface area contributed by atoms with Crippen LogP contribution in [0.4, 0.5) is 4.39 Å². The van der Waals surface area contributed by atoms with Crippen molar-refractivity contribution in [1.29, 1.82) is 0 Å². The van der Waals surface area contributed by atoms with Crippen molar-refractivity contribution >= 4 is 27.4 Å². The van der Waals surface area contributed by atoms with E-state index in [0.717, 1.165) is 84.9 Å². The summed E-state index contributed by atoms with van der Waals surface area (Å²) in [7, 11) is 0. The predicted molar refractivity (Wildman–Crippen MR) is 177 cm³/mol. The number of allylic oxidation sites excluding steroid dienone is 5. The first-order valence-electron chi connectivity index (χ1n) is 15.1. The van der Waals surface area contributed by atoms with Crippen molar-refractivity contribution in [2.45, 2.75) is 52.4 Å². The van der Waals surface area contributed by atoms with Crippen LogP contribution in [0.2, 0.25) is 0 Å². The van der Waals surface area contributed by atoms with E-state index in [1.165, 1.54) is 44.2 Å². The van der Waals surface area contributed by atoms with Crippen molar-refractivity contribution < 1.29 is 4.39 Å². The fourth-order valence-corrected chi connectivity index (χ4v) is 6.33. The van der Waals surface area contributed by atoms with Gasteiger partial charge in [0.05, 0.1) is 16.9 Å². The van der Waals surface area contributed by atoms with Gasteiger partial charge in [0.15, 0.2) is 0 Å². The fourth-order valence-electron chi connectivity index (χ4n) is 6.33.